The molecule has 0 N–H and O–H groups in total. The summed E-state index contributed by atoms with van der Waals surface area (Å²) in [6, 6.07) is 26.9. The van der Waals surface area contributed by atoms with Crippen LogP contribution in [0.15, 0.2) is 84.9 Å². The van der Waals surface area contributed by atoms with Crippen LogP contribution in [0.3, 0.4) is 0 Å². The van der Waals surface area contributed by atoms with Crippen LogP contribution in [0.25, 0.3) is 0 Å². The second-order valence-electron chi connectivity index (χ2n) is 4.94. The molecule has 0 aliphatic carbocycles. The number of benzene rings is 3. The van der Waals surface area contributed by atoms with Crippen LogP contribution in [-0.4, -0.2) is 0 Å². The summed E-state index contributed by atoms with van der Waals surface area (Å²) in [5, 5.41) is 0. The number of hydrogen-bond donors (Lipinski definition) is 0. The largest absolute Gasteiger partial charge is 0.530 e. The molecule has 3 aromatic carbocycles. The highest BCUT2D eigenvalue weighted by Crippen LogP contribution is 2.42. The van der Waals surface area contributed by atoms with E-state index in [1.807, 2.05) is 91.9 Å². The van der Waals surface area contributed by atoms with Crippen LogP contribution in [0.1, 0.15) is 5.56 Å². The number of para-hydroxylation sites is 2. The molecule has 0 fully saturated rings. The molecule has 0 spiro atoms. The maximum atomic E-state index is 5.92. The van der Waals surface area contributed by atoms with E-state index in [0.29, 0.717) is 11.5 Å². The molecule has 0 aliphatic rings. The maximum absolute atomic E-state index is 5.92. The molecule has 0 saturated carbocycles. The van der Waals surface area contributed by atoms with Crippen molar-refractivity contribution in [3.8, 4) is 17.2 Å². The van der Waals surface area contributed by atoms with Crippen molar-refractivity contribution in [1.29, 1.82) is 0 Å². The molecular weight excluding hydrogens is 307 g/mol. The van der Waals surface area contributed by atoms with E-state index in [4.69, 9.17) is 13.6 Å². The summed E-state index contributed by atoms with van der Waals surface area (Å²) < 4.78 is 17.7. The molecule has 0 radical (unpaired) electrons. The van der Waals surface area contributed by atoms with Crippen molar-refractivity contribution >= 4 is 8.60 Å². The lowest BCUT2D eigenvalue weighted by Gasteiger charge is -2.18. The van der Waals surface area contributed by atoms with E-state index in [0.717, 1.165) is 11.3 Å². The first-order valence-corrected chi connectivity index (χ1v) is 8.40. The van der Waals surface area contributed by atoms with Gasteiger partial charge in [-0.05, 0) is 48.9 Å². The smallest absolute Gasteiger partial charge is 0.409 e. The first-order chi connectivity index (χ1) is 11.3. The Kier molecular flexibility index (Phi) is 5.13. The third-order valence-electron chi connectivity index (χ3n) is 3.02. The zero-order chi connectivity index (χ0) is 15.9. The summed E-state index contributed by atoms with van der Waals surface area (Å²) >= 11 is 0. The van der Waals surface area contributed by atoms with Gasteiger partial charge in [0.1, 0.15) is 17.2 Å². The van der Waals surface area contributed by atoms with E-state index in [9.17, 15) is 0 Å². The SMILES string of the molecule is Cc1cccc(OP(Oc2ccccc2)Oc2ccccc2)c1. The second kappa shape index (κ2) is 7.66. The number of rotatable bonds is 6. The van der Waals surface area contributed by atoms with Gasteiger partial charge in [0.15, 0.2) is 0 Å². The van der Waals surface area contributed by atoms with Crippen LogP contribution in [0, 0.1) is 6.92 Å². The fourth-order valence-electron chi connectivity index (χ4n) is 1.95. The highest BCUT2D eigenvalue weighted by atomic mass is 31.2. The summed E-state index contributed by atoms with van der Waals surface area (Å²) in [5.41, 5.74) is 1.12. The van der Waals surface area contributed by atoms with Crippen LogP contribution in [-0.2, 0) is 0 Å². The highest BCUT2D eigenvalue weighted by Gasteiger charge is 2.19. The molecule has 3 aromatic rings. The third kappa shape index (κ3) is 4.73. The third-order valence-corrected chi connectivity index (χ3v) is 4.10. The fourth-order valence-corrected chi connectivity index (χ4v) is 2.93. The van der Waals surface area contributed by atoms with Gasteiger partial charge in [-0.25, -0.2) is 0 Å². The molecule has 116 valence electrons. The predicted octanol–water partition coefficient (Wildman–Crippen LogP) is 5.76. The zero-order valence-electron chi connectivity index (χ0n) is 12.8. The van der Waals surface area contributed by atoms with Gasteiger partial charge in [0.05, 0.1) is 0 Å². The first-order valence-electron chi connectivity index (χ1n) is 7.30. The molecule has 4 heteroatoms. The Balaban J connectivity index is 1.77. The Bertz CT molecular complexity index is 690. The lowest BCUT2D eigenvalue weighted by Crippen LogP contribution is -2.02. The van der Waals surface area contributed by atoms with Crippen LogP contribution in [0.4, 0.5) is 0 Å². The minimum Gasteiger partial charge on any atom is -0.409 e. The minimum atomic E-state index is -1.60. The predicted molar refractivity (Wildman–Crippen MR) is 92.9 cm³/mol. The lowest BCUT2D eigenvalue weighted by atomic mass is 10.2. The van der Waals surface area contributed by atoms with Crippen molar-refractivity contribution in [3.63, 3.8) is 0 Å². The first kappa shape index (κ1) is 15.4. The van der Waals surface area contributed by atoms with Gasteiger partial charge in [-0.3, -0.25) is 0 Å². The minimum absolute atomic E-state index is 0.710. The molecular formula is C19H17O3P. The quantitative estimate of drug-likeness (QED) is 0.540. The fraction of sp³-hybridized carbons (Fsp3) is 0.0526. The van der Waals surface area contributed by atoms with Crippen molar-refractivity contribution in [3.05, 3.63) is 90.5 Å². The summed E-state index contributed by atoms with van der Waals surface area (Å²) in [6.45, 7) is 2.02. The van der Waals surface area contributed by atoms with Gasteiger partial charge in [-0.15, -0.1) is 0 Å². The number of aryl methyl sites for hydroxylation is 1. The zero-order valence-corrected chi connectivity index (χ0v) is 13.6. The average molecular weight is 324 g/mol. The Hall–Kier alpha value is -2.51. The van der Waals surface area contributed by atoms with Crippen LogP contribution in [0.5, 0.6) is 17.2 Å². The van der Waals surface area contributed by atoms with Crippen molar-refractivity contribution in [2.24, 2.45) is 0 Å². The highest BCUT2D eigenvalue weighted by molar-refractivity contribution is 7.43. The van der Waals surface area contributed by atoms with Gasteiger partial charge in [-0.2, -0.15) is 0 Å². The van der Waals surface area contributed by atoms with E-state index in [-0.39, 0.29) is 0 Å². The lowest BCUT2D eigenvalue weighted by molar-refractivity contribution is 0.388. The normalized spacial score (nSPS) is 10.3. The van der Waals surface area contributed by atoms with Crippen molar-refractivity contribution < 1.29 is 13.6 Å². The van der Waals surface area contributed by atoms with E-state index in [2.05, 4.69) is 0 Å². The topological polar surface area (TPSA) is 27.7 Å². The standard InChI is InChI=1S/C19H17O3P/c1-16-9-8-14-19(15-16)22-23(20-17-10-4-2-5-11-17)21-18-12-6-3-7-13-18/h2-15H,1H3. The van der Waals surface area contributed by atoms with Gasteiger partial charge < -0.3 is 13.6 Å². The molecule has 3 rings (SSSR count). The maximum Gasteiger partial charge on any atom is 0.530 e. The Morgan fingerprint density at radius 2 is 1.04 bits per heavy atom. The van der Waals surface area contributed by atoms with Gasteiger partial charge in [0.2, 0.25) is 0 Å². The molecule has 0 heterocycles. The van der Waals surface area contributed by atoms with E-state index in [1.54, 1.807) is 0 Å². The van der Waals surface area contributed by atoms with Gasteiger partial charge >= 0.3 is 8.60 Å². The molecule has 0 aliphatic heterocycles. The molecule has 0 saturated heterocycles. The summed E-state index contributed by atoms with van der Waals surface area (Å²) in [7, 11) is -1.60. The molecule has 0 aromatic heterocycles. The molecule has 3 nitrogen and oxygen atoms in total. The van der Waals surface area contributed by atoms with E-state index < -0.39 is 8.60 Å². The van der Waals surface area contributed by atoms with E-state index in [1.165, 1.54) is 0 Å². The number of hydrogen-bond acceptors (Lipinski definition) is 3. The summed E-state index contributed by atoms with van der Waals surface area (Å²) in [6.07, 6.45) is 0. The molecule has 0 amide bonds. The van der Waals surface area contributed by atoms with Crippen LogP contribution < -0.4 is 13.6 Å². The second-order valence-corrected chi connectivity index (χ2v) is 5.94. The monoisotopic (exact) mass is 324 g/mol. The van der Waals surface area contributed by atoms with Gasteiger partial charge in [-0.1, -0.05) is 48.5 Å². The Labute approximate surface area is 137 Å². The van der Waals surface area contributed by atoms with Crippen molar-refractivity contribution in [2.75, 3.05) is 0 Å². The average Bonchev–Trinajstić information content (AvgIpc) is 2.57. The van der Waals surface area contributed by atoms with Crippen molar-refractivity contribution in [2.45, 2.75) is 6.92 Å². The van der Waals surface area contributed by atoms with Crippen LogP contribution in [0.2, 0.25) is 0 Å². The Morgan fingerprint density at radius 1 is 0.565 bits per heavy atom. The van der Waals surface area contributed by atoms with Gasteiger partial charge in [0, 0.05) is 0 Å². The molecule has 23 heavy (non-hydrogen) atoms. The van der Waals surface area contributed by atoms with Crippen LogP contribution >= 0.6 is 8.60 Å². The summed E-state index contributed by atoms with van der Waals surface area (Å²) in [4.78, 5) is 0. The van der Waals surface area contributed by atoms with Crippen molar-refractivity contribution in [1.82, 2.24) is 0 Å². The Morgan fingerprint density at radius 3 is 1.57 bits per heavy atom. The van der Waals surface area contributed by atoms with Gasteiger partial charge in [0.25, 0.3) is 0 Å². The molecule has 0 unspecified atom stereocenters. The van der Waals surface area contributed by atoms with E-state index >= 15 is 0 Å². The molecule has 0 bridgehead atoms. The molecule has 0 atom stereocenters. The summed E-state index contributed by atoms with van der Waals surface area (Å²) in [5.74, 6) is 2.15.